The van der Waals surface area contributed by atoms with E-state index in [1.165, 1.54) is 38.5 Å². The topological polar surface area (TPSA) is 42.3 Å². The monoisotopic (exact) mass is 752 g/mol. The summed E-state index contributed by atoms with van der Waals surface area (Å²) in [4.78, 5) is 0. The van der Waals surface area contributed by atoms with E-state index in [4.69, 9.17) is 0 Å². The van der Waals surface area contributed by atoms with E-state index in [9.17, 15) is 26.3 Å². The van der Waals surface area contributed by atoms with Crippen LogP contribution in [0.2, 0.25) is 0 Å². The van der Waals surface area contributed by atoms with Gasteiger partial charge >= 0.3 is 78.0 Å². The third-order valence-corrected chi connectivity index (χ3v) is 7.33. The molecule has 1 aromatic rings. The molecule has 1 rings (SSSR count). The van der Waals surface area contributed by atoms with Gasteiger partial charge in [-0.3, -0.25) is 0 Å². The molecule has 3 nitrogen and oxygen atoms in total. The van der Waals surface area contributed by atoms with Gasteiger partial charge in [0, 0.05) is 0 Å². The molecular formula is C31H60F6GeN3Zr. The zero-order valence-electron chi connectivity index (χ0n) is 28.3. The van der Waals surface area contributed by atoms with Crippen molar-refractivity contribution in [2.75, 3.05) is 0 Å². The van der Waals surface area contributed by atoms with Crippen molar-refractivity contribution in [3.05, 3.63) is 46.3 Å². The summed E-state index contributed by atoms with van der Waals surface area (Å²) in [5, 5.41) is 3.57. The molecule has 0 heterocycles. The first-order valence-electron chi connectivity index (χ1n) is 15.1. The molecule has 0 saturated heterocycles. The molecule has 0 aromatic heterocycles. The Morgan fingerprint density at radius 3 is 0.762 bits per heavy atom. The van der Waals surface area contributed by atoms with E-state index in [0.29, 0.717) is 36.3 Å². The van der Waals surface area contributed by atoms with Crippen LogP contribution in [0, 0.1) is 0 Å². The summed E-state index contributed by atoms with van der Waals surface area (Å²) in [6.07, 6.45) is 7.03. The fourth-order valence-electron chi connectivity index (χ4n) is 2.44. The van der Waals surface area contributed by atoms with Gasteiger partial charge in [-0.1, -0.05) is 122 Å². The van der Waals surface area contributed by atoms with Crippen molar-refractivity contribution in [2.24, 2.45) is 0 Å². The SMILES string of the molecule is CCC(C)[N-]C(C)CC.CCC(C)[N-]C(C)CC.CCC(C)[N-]C(C)CC.F[C](F)(F)[GeH][C](F)(F)F.[Zr+4].c1cc[cH-]c1. The maximum absolute atomic E-state index is 10.9. The minimum Gasteiger partial charge on any atom is -0.214 e. The first-order chi connectivity index (χ1) is 18.8. The Morgan fingerprint density at radius 2 is 0.690 bits per heavy atom. The summed E-state index contributed by atoms with van der Waals surface area (Å²) in [6.45, 7) is 26.1. The minimum atomic E-state index is -4.98. The average Bonchev–Trinajstić information content (AvgIpc) is 3.47. The maximum atomic E-state index is 10.9. The summed E-state index contributed by atoms with van der Waals surface area (Å²) in [7, 11) is 0. The van der Waals surface area contributed by atoms with E-state index in [-0.39, 0.29) is 26.2 Å². The van der Waals surface area contributed by atoms with Gasteiger partial charge in [-0.05, 0) is 0 Å². The van der Waals surface area contributed by atoms with Crippen LogP contribution in [0.15, 0.2) is 30.3 Å². The van der Waals surface area contributed by atoms with E-state index >= 15 is 0 Å². The normalized spacial score (nSPS) is 15.1. The predicted molar refractivity (Wildman–Crippen MR) is 170 cm³/mol. The third-order valence-electron chi connectivity index (χ3n) is 5.95. The Labute approximate surface area is 280 Å². The van der Waals surface area contributed by atoms with Gasteiger partial charge in [0.15, 0.2) is 0 Å². The van der Waals surface area contributed by atoms with Crippen molar-refractivity contribution >= 4 is 15.4 Å². The maximum Gasteiger partial charge on any atom is 4.00 e. The zero-order valence-corrected chi connectivity index (χ0v) is 33.2. The standard InChI is InChI=1S/3C8H18N.C5H5.C2HF6Ge.Zr/c3*1-5-7(3)9-8(4)6-2;1-2-4-5-3-1;3-1(4,5)9-2(6,7)8;/h3*7-8H,5-6H2,1-4H3;1-5H;9H;/q4*-1;;+4. The summed E-state index contributed by atoms with van der Waals surface area (Å²) in [5.74, 6) is 0. The van der Waals surface area contributed by atoms with Gasteiger partial charge in [-0.2, -0.15) is 18.2 Å². The molecule has 6 atom stereocenters. The minimum absolute atomic E-state index is 0. The molecule has 0 bridgehead atoms. The Bertz CT molecular complexity index is 523. The van der Waals surface area contributed by atoms with E-state index in [2.05, 4.69) is 99.0 Å². The second kappa shape index (κ2) is 32.6. The Morgan fingerprint density at radius 1 is 0.500 bits per heavy atom. The fourth-order valence-corrected chi connectivity index (χ4v) is 3.22. The van der Waals surface area contributed by atoms with E-state index in [0.717, 1.165) is 0 Å². The zero-order chi connectivity index (χ0) is 33.1. The molecule has 11 heteroatoms. The second-order valence-corrected chi connectivity index (χ2v) is 13.5. The van der Waals surface area contributed by atoms with Gasteiger partial charge in [-0.25, -0.2) is 12.1 Å². The smallest absolute Gasteiger partial charge is 0.214 e. The third kappa shape index (κ3) is 49.9. The molecule has 0 spiro atoms. The van der Waals surface area contributed by atoms with Crippen LogP contribution in [-0.2, 0) is 26.2 Å². The molecule has 1 radical (unpaired) electrons. The van der Waals surface area contributed by atoms with Crippen molar-refractivity contribution in [1.29, 1.82) is 0 Å². The molecule has 0 aliphatic heterocycles. The molecule has 0 saturated carbocycles. The van der Waals surface area contributed by atoms with Crippen LogP contribution in [0.25, 0.3) is 16.0 Å². The van der Waals surface area contributed by atoms with Crippen LogP contribution in [0.4, 0.5) is 26.3 Å². The average molecular weight is 753 g/mol. The van der Waals surface area contributed by atoms with Crippen LogP contribution in [0.5, 0.6) is 0 Å². The van der Waals surface area contributed by atoms with E-state index < -0.39 is 25.4 Å². The van der Waals surface area contributed by atoms with Crippen molar-refractivity contribution < 1.29 is 52.5 Å². The van der Waals surface area contributed by atoms with Crippen molar-refractivity contribution in [3.8, 4) is 0 Å². The molecular weight excluding hydrogens is 692 g/mol. The molecule has 6 unspecified atom stereocenters. The molecule has 249 valence electrons. The fraction of sp³-hybridized carbons (Fsp3) is 0.839. The molecule has 0 aliphatic carbocycles. The Kier molecular flexibility index (Phi) is 40.2. The van der Waals surface area contributed by atoms with Gasteiger partial charge in [0.25, 0.3) is 0 Å². The number of halogens is 6. The van der Waals surface area contributed by atoms with Crippen LogP contribution in [-0.4, -0.2) is 61.7 Å². The van der Waals surface area contributed by atoms with Crippen molar-refractivity contribution in [2.45, 2.75) is 168 Å². The Hall–Kier alpha value is 0.236. The number of rotatable bonds is 12. The Balaban J connectivity index is -0.000000136. The predicted octanol–water partition coefficient (Wildman–Crippen LogP) is 11.7. The van der Waals surface area contributed by atoms with Gasteiger partial charge in [0.1, 0.15) is 0 Å². The van der Waals surface area contributed by atoms with Crippen LogP contribution < -0.4 is 0 Å². The van der Waals surface area contributed by atoms with E-state index in [1.54, 1.807) is 0 Å². The quantitative estimate of drug-likeness (QED) is 0.116. The number of hydrogen-bond acceptors (Lipinski definition) is 0. The summed E-state index contributed by atoms with van der Waals surface area (Å²) < 4.78 is 65.4. The molecule has 0 aliphatic rings. The summed E-state index contributed by atoms with van der Waals surface area (Å²) in [6, 6.07) is 13.3. The second-order valence-electron chi connectivity index (χ2n) is 10.2. The van der Waals surface area contributed by atoms with Crippen molar-refractivity contribution in [1.82, 2.24) is 0 Å². The van der Waals surface area contributed by atoms with Gasteiger partial charge in [-0.15, -0.1) is 36.3 Å². The van der Waals surface area contributed by atoms with Gasteiger partial charge in [0.05, 0.1) is 0 Å². The summed E-state index contributed by atoms with van der Waals surface area (Å²) >= 11 is -4.06. The largest absolute Gasteiger partial charge is 4.00 e. The number of nitrogens with zero attached hydrogens (tertiary/aromatic N) is 3. The molecule has 1 aromatic carbocycles. The van der Waals surface area contributed by atoms with Gasteiger partial charge < -0.3 is 16.0 Å². The van der Waals surface area contributed by atoms with Crippen LogP contribution >= 0.6 is 0 Å². The number of alkyl halides is 6. The number of hydrogen-bond donors (Lipinski definition) is 0. The molecule has 0 amide bonds. The first-order valence-corrected chi connectivity index (χ1v) is 17.5. The van der Waals surface area contributed by atoms with Crippen LogP contribution in [0.3, 0.4) is 0 Å². The summed E-state index contributed by atoms with van der Waals surface area (Å²) in [5.41, 5.74) is 0. The first kappa shape index (κ1) is 51.8. The van der Waals surface area contributed by atoms with Crippen molar-refractivity contribution in [3.63, 3.8) is 0 Å². The molecule has 0 N–H and O–H groups in total. The van der Waals surface area contributed by atoms with Crippen LogP contribution in [0.1, 0.15) is 122 Å². The van der Waals surface area contributed by atoms with Gasteiger partial charge in [0.2, 0.25) is 0 Å². The molecule has 42 heavy (non-hydrogen) atoms. The molecule has 0 fully saturated rings. The van der Waals surface area contributed by atoms with E-state index in [1.807, 2.05) is 30.3 Å².